The summed E-state index contributed by atoms with van der Waals surface area (Å²) in [6.45, 7) is 2.50. The topological polar surface area (TPSA) is 96.1 Å². The Bertz CT molecular complexity index is 1250. The quantitative estimate of drug-likeness (QED) is 0.581. The Morgan fingerprint density at radius 3 is 2.53 bits per heavy atom. The lowest BCUT2D eigenvalue weighted by Crippen LogP contribution is -2.44. The van der Waals surface area contributed by atoms with E-state index in [1.165, 1.54) is 0 Å². The van der Waals surface area contributed by atoms with E-state index in [0.29, 0.717) is 13.0 Å². The first-order chi connectivity index (χ1) is 14.3. The maximum absolute atomic E-state index is 13.2. The summed E-state index contributed by atoms with van der Waals surface area (Å²) >= 11 is 0. The standard InChI is InChI=1S/C22H26N2O4S2/c1-2-16-7-9-18(10-8-16)30(27,28)22-15-29(25,26)14-21(22)23-12-11-17-13-24-20-6-4-3-5-19(17)20/h3-10,13,21-24H,2,11-12,14-15H2,1H3. The van der Waals surface area contributed by atoms with Crippen LogP contribution in [0.5, 0.6) is 0 Å². The lowest BCUT2D eigenvalue weighted by Gasteiger charge is -2.20. The number of fused-ring (bicyclic) bond motifs is 1. The summed E-state index contributed by atoms with van der Waals surface area (Å²) in [6, 6.07) is 14.1. The first-order valence-electron chi connectivity index (χ1n) is 10.1. The molecule has 0 amide bonds. The van der Waals surface area contributed by atoms with Gasteiger partial charge in [0.15, 0.2) is 19.7 Å². The van der Waals surface area contributed by atoms with Gasteiger partial charge in [-0.15, -0.1) is 0 Å². The summed E-state index contributed by atoms with van der Waals surface area (Å²) in [4.78, 5) is 3.41. The molecule has 2 N–H and O–H groups in total. The molecule has 1 aliphatic rings. The zero-order chi connectivity index (χ0) is 21.4. The van der Waals surface area contributed by atoms with Crippen molar-refractivity contribution in [1.82, 2.24) is 10.3 Å². The Morgan fingerprint density at radius 2 is 1.80 bits per heavy atom. The summed E-state index contributed by atoms with van der Waals surface area (Å²) in [6.07, 6.45) is 3.44. The Hall–Kier alpha value is -2.16. The second kappa shape index (κ2) is 8.17. The molecule has 160 valence electrons. The van der Waals surface area contributed by atoms with Crippen LogP contribution in [0.1, 0.15) is 18.1 Å². The summed E-state index contributed by atoms with van der Waals surface area (Å²) in [5.41, 5.74) is 3.21. The number of hydrogen-bond acceptors (Lipinski definition) is 5. The summed E-state index contributed by atoms with van der Waals surface area (Å²) in [5, 5.41) is 3.37. The van der Waals surface area contributed by atoms with Crippen LogP contribution in [0.4, 0.5) is 0 Å². The van der Waals surface area contributed by atoms with Crippen molar-refractivity contribution in [3.05, 3.63) is 65.9 Å². The van der Waals surface area contributed by atoms with Crippen LogP contribution in [0.15, 0.2) is 59.6 Å². The molecular weight excluding hydrogens is 420 g/mol. The molecule has 1 aliphatic heterocycles. The number of para-hydroxylation sites is 1. The van der Waals surface area contributed by atoms with Crippen LogP contribution in [0, 0.1) is 0 Å². The van der Waals surface area contributed by atoms with Crippen LogP contribution < -0.4 is 5.32 Å². The van der Waals surface area contributed by atoms with Crippen LogP contribution in [0.25, 0.3) is 10.9 Å². The second-order valence-corrected chi connectivity index (χ2v) is 12.1. The number of sulfone groups is 2. The molecule has 2 unspecified atom stereocenters. The second-order valence-electron chi connectivity index (χ2n) is 7.83. The molecule has 6 nitrogen and oxygen atoms in total. The number of hydrogen-bond donors (Lipinski definition) is 2. The van der Waals surface area contributed by atoms with Gasteiger partial charge in [-0.1, -0.05) is 37.3 Å². The molecule has 8 heteroatoms. The van der Waals surface area contributed by atoms with Gasteiger partial charge in [-0.25, -0.2) is 16.8 Å². The summed E-state index contributed by atoms with van der Waals surface area (Å²) < 4.78 is 51.0. The molecule has 0 aliphatic carbocycles. The van der Waals surface area contributed by atoms with Crippen LogP contribution in [-0.4, -0.2) is 51.2 Å². The van der Waals surface area contributed by atoms with Crippen molar-refractivity contribution in [2.75, 3.05) is 18.1 Å². The van der Waals surface area contributed by atoms with Gasteiger partial charge in [-0.05, 0) is 48.7 Å². The van der Waals surface area contributed by atoms with Crippen molar-refractivity contribution in [2.24, 2.45) is 0 Å². The third kappa shape index (κ3) is 4.17. The Morgan fingerprint density at radius 1 is 1.07 bits per heavy atom. The fourth-order valence-electron chi connectivity index (χ4n) is 4.13. The maximum Gasteiger partial charge on any atom is 0.183 e. The monoisotopic (exact) mass is 446 g/mol. The van der Waals surface area contributed by atoms with Crippen LogP contribution >= 0.6 is 0 Å². The zero-order valence-corrected chi connectivity index (χ0v) is 18.5. The largest absolute Gasteiger partial charge is 0.361 e. The number of benzene rings is 2. The van der Waals surface area contributed by atoms with Crippen molar-refractivity contribution in [3.63, 3.8) is 0 Å². The third-order valence-corrected chi connectivity index (χ3v) is 10.0. The van der Waals surface area contributed by atoms with Crippen molar-refractivity contribution < 1.29 is 16.8 Å². The van der Waals surface area contributed by atoms with Gasteiger partial charge in [-0.3, -0.25) is 0 Å². The minimum Gasteiger partial charge on any atom is -0.361 e. The minimum atomic E-state index is -3.75. The normalized spacial score (nSPS) is 21.2. The molecule has 0 spiro atoms. The first kappa shape index (κ1) is 21.1. The Balaban J connectivity index is 1.50. The Kier molecular flexibility index (Phi) is 5.74. The zero-order valence-electron chi connectivity index (χ0n) is 16.8. The highest BCUT2D eigenvalue weighted by molar-refractivity contribution is 7.96. The Labute approximate surface area is 177 Å². The number of aromatic amines is 1. The van der Waals surface area contributed by atoms with Gasteiger partial charge in [0.05, 0.1) is 21.7 Å². The van der Waals surface area contributed by atoms with E-state index in [1.807, 2.05) is 37.4 Å². The maximum atomic E-state index is 13.2. The van der Waals surface area contributed by atoms with E-state index in [4.69, 9.17) is 0 Å². The molecule has 2 atom stereocenters. The lowest BCUT2D eigenvalue weighted by molar-refractivity contribution is 0.528. The van der Waals surface area contributed by atoms with Gasteiger partial charge in [-0.2, -0.15) is 0 Å². The molecule has 2 aromatic carbocycles. The smallest absolute Gasteiger partial charge is 0.183 e. The van der Waals surface area contributed by atoms with E-state index >= 15 is 0 Å². The number of nitrogens with one attached hydrogen (secondary N) is 2. The molecule has 0 bridgehead atoms. The number of aromatic nitrogens is 1. The van der Waals surface area contributed by atoms with Crippen molar-refractivity contribution >= 4 is 30.6 Å². The fourth-order valence-corrected chi connectivity index (χ4v) is 8.85. The molecule has 0 saturated carbocycles. The van der Waals surface area contributed by atoms with E-state index in [9.17, 15) is 16.8 Å². The van der Waals surface area contributed by atoms with Gasteiger partial charge in [0.25, 0.3) is 0 Å². The molecule has 4 rings (SSSR count). The predicted octanol–water partition coefficient (Wildman–Crippen LogP) is 2.50. The van der Waals surface area contributed by atoms with Gasteiger partial charge in [0.2, 0.25) is 0 Å². The first-order valence-corrected chi connectivity index (χ1v) is 13.5. The third-order valence-electron chi connectivity index (χ3n) is 5.83. The molecule has 0 radical (unpaired) electrons. The van der Waals surface area contributed by atoms with E-state index in [2.05, 4.69) is 10.3 Å². The van der Waals surface area contributed by atoms with E-state index < -0.39 is 31.0 Å². The average Bonchev–Trinajstić information content (AvgIpc) is 3.28. The lowest BCUT2D eigenvalue weighted by atomic mass is 10.1. The van der Waals surface area contributed by atoms with E-state index in [1.54, 1.807) is 24.3 Å². The number of aryl methyl sites for hydroxylation is 1. The van der Waals surface area contributed by atoms with Crippen molar-refractivity contribution in [1.29, 1.82) is 0 Å². The van der Waals surface area contributed by atoms with Crippen molar-refractivity contribution in [2.45, 2.75) is 36.0 Å². The van der Waals surface area contributed by atoms with E-state index in [-0.39, 0.29) is 16.4 Å². The highest BCUT2D eigenvalue weighted by Gasteiger charge is 2.45. The average molecular weight is 447 g/mol. The molecule has 2 heterocycles. The number of rotatable bonds is 7. The highest BCUT2D eigenvalue weighted by atomic mass is 32.2. The molecule has 1 saturated heterocycles. The highest BCUT2D eigenvalue weighted by Crippen LogP contribution is 2.26. The SMILES string of the molecule is CCc1ccc(S(=O)(=O)C2CS(=O)(=O)CC2NCCc2c[nH]c3ccccc23)cc1. The number of H-pyrrole nitrogens is 1. The van der Waals surface area contributed by atoms with Crippen LogP contribution in [-0.2, 0) is 32.5 Å². The van der Waals surface area contributed by atoms with Crippen molar-refractivity contribution in [3.8, 4) is 0 Å². The predicted molar refractivity (Wildman–Crippen MR) is 119 cm³/mol. The summed E-state index contributed by atoms with van der Waals surface area (Å²) in [5.74, 6) is -0.493. The van der Waals surface area contributed by atoms with E-state index in [0.717, 1.165) is 28.5 Å². The molecule has 1 aromatic heterocycles. The molecule has 3 aromatic rings. The minimum absolute atomic E-state index is 0.155. The van der Waals surface area contributed by atoms with Gasteiger partial charge >= 0.3 is 0 Å². The van der Waals surface area contributed by atoms with Gasteiger partial charge < -0.3 is 10.3 Å². The fraction of sp³-hybridized carbons (Fsp3) is 0.364. The molecule has 1 fully saturated rings. The van der Waals surface area contributed by atoms with Crippen LogP contribution in [0.2, 0.25) is 0 Å². The van der Waals surface area contributed by atoms with Gasteiger partial charge in [0, 0.05) is 23.1 Å². The van der Waals surface area contributed by atoms with Crippen LogP contribution in [0.3, 0.4) is 0 Å². The summed E-state index contributed by atoms with van der Waals surface area (Å²) in [7, 11) is -7.17. The van der Waals surface area contributed by atoms with Gasteiger partial charge in [0.1, 0.15) is 0 Å². The molecular formula is C22H26N2O4S2. The molecule has 30 heavy (non-hydrogen) atoms.